The lowest BCUT2D eigenvalue weighted by atomic mass is 9.98. The van der Waals surface area contributed by atoms with Crippen molar-refractivity contribution in [3.63, 3.8) is 0 Å². The number of alkyl halides is 2. The van der Waals surface area contributed by atoms with Crippen LogP contribution in [-0.2, 0) is 24.3 Å². The fraction of sp³-hybridized carbons (Fsp3) is 0.429. The summed E-state index contributed by atoms with van der Waals surface area (Å²) in [5, 5.41) is 0. The molecule has 1 atom stereocenters. The maximum absolute atomic E-state index is 14.0. The first-order chi connectivity index (χ1) is 9.88. The largest absolute Gasteiger partial charge is 0.438 e. The second-order valence-electron chi connectivity index (χ2n) is 5.69. The second-order valence-corrected chi connectivity index (χ2v) is 7.55. The van der Waals surface area contributed by atoms with Gasteiger partial charge in [0.1, 0.15) is 0 Å². The molecule has 0 saturated carbocycles. The van der Waals surface area contributed by atoms with Crippen LogP contribution in [0.1, 0.15) is 31.9 Å². The third-order valence-corrected chi connectivity index (χ3v) is 4.11. The van der Waals surface area contributed by atoms with Gasteiger partial charge in [0.2, 0.25) is 6.79 Å². The molecule has 1 N–H and O–H groups in total. The average Bonchev–Trinajstić information content (AvgIpc) is 2.37. The Kier molecular flexibility index (Phi) is 5.49. The van der Waals surface area contributed by atoms with E-state index in [1.807, 2.05) is 0 Å². The maximum atomic E-state index is 14.0. The van der Waals surface area contributed by atoms with Gasteiger partial charge in [0, 0.05) is 5.56 Å². The van der Waals surface area contributed by atoms with Crippen molar-refractivity contribution in [3.8, 4) is 0 Å². The van der Waals surface area contributed by atoms with Gasteiger partial charge in [-0.05, 0) is 33.3 Å². The Bertz CT molecular complexity index is 578. The summed E-state index contributed by atoms with van der Waals surface area (Å²) in [4.78, 5) is 20.9. The number of ether oxygens (including phenoxy) is 1. The Morgan fingerprint density at radius 2 is 1.77 bits per heavy atom. The number of carbonyl (C=O) groups is 1. The first-order valence-electron chi connectivity index (χ1n) is 6.33. The van der Waals surface area contributed by atoms with Crippen LogP contribution < -0.4 is 0 Å². The van der Waals surface area contributed by atoms with E-state index in [0.29, 0.717) is 5.56 Å². The lowest BCUT2D eigenvalue weighted by molar-refractivity contribution is -0.160. The van der Waals surface area contributed by atoms with E-state index in [2.05, 4.69) is 16.2 Å². The molecular formula is C14H18F2O5P. The van der Waals surface area contributed by atoms with Crippen LogP contribution in [0.3, 0.4) is 0 Å². The van der Waals surface area contributed by atoms with Gasteiger partial charge in [-0.25, -0.2) is 0 Å². The van der Waals surface area contributed by atoms with Crippen LogP contribution in [0, 0.1) is 12.3 Å². The summed E-state index contributed by atoms with van der Waals surface area (Å²) in [6, 6.07) is 4.52. The van der Waals surface area contributed by atoms with E-state index >= 15 is 0 Å². The van der Waals surface area contributed by atoms with Crippen LogP contribution in [0.4, 0.5) is 8.78 Å². The number of hydrogen-bond donors (Lipinski definition) is 1. The third-order valence-electron chi connectivity index (χ3n) is 2.69. The Balaban J connectivity index is 2.78. The quantitative estimate of drug-likeness (QED) is 0.505. The van der Waals surface area contributed by atoms with E-state index < -0.39 is 37.0 Å². The van der Waals surface area contributed by atoms with Gasteiger partial charge in [-0.1, -0.05) is 24.3 Å². The molecule has 8 heteroatoms. The molecule has 0 spiro atoms. The van der Waals surface area contributed by atoms with Crippen molar-refractivity contribution in [2.75, 3.05) is 6.79 Å². The second kappa shape index (κ2) is 6.44. The van der Waals surface area contributed by atoms with Gasteiger partial charge in [-0.2, -0.15) is 8.78 Å². The third kappa shape index (κ3) is 4.35. The average molecular weight is 335 g/mol. The Morgan fingerprint density at radius 3 is 2.23 bits per heavy atom. The van der Waals surface area contributed by atoms with E-state index in [0.717, 1.165) is 12.1 Å². The summed E-state index contributed by atoms with van der Waals surface area (Å²) in [5.74, 6) is -0.739. The fourth-order valence-corrected chi connectivity index (χ4v) is 2.15. The smallest absolute Gasteiger partial charge is 0.404 e. The number of esters is 1. The van der Waals surface area contributed by atoms with Crippen molar-refractivity contribution in [1.29, 1.82) is 0 Å². The van der Waals surface area contributed by atoms with Crippen molar-refractivity contribution in [2.45, 2.75) is 26.4 Å². The number of hydrogen-bond acceptors (Lipinski definition) is 4. The van der Waals surface area contributed by atoms with E-state index in [4.69, 9.17) is 0 Å². The van der Waals surface area contributed by atoms with Crippen LogP contribution >= 0.6 is 7.60 Å². The van der Waals surface area contributed by atoms with Gasteiger partial charge in [0.05, 0.1) is 5.41 Å². The molecule has 0 heterocycles. The van der Waals surface area contributed by atoms with Crippen LogP contribution in [0.2, 0.25) is 0 Å². The fourth-order valence-electron chi connectivity index (χ4n) is 1.32. The highest BCUT2D eigenvalue weighted by Gasteiger charge is 2.53. The topological polar surface area (TPSA) is 72.8 Å². The molecule has 22 heavy (non-hydrogen) atoms. The molecule has 1 rings (SSSR count). The summed E-state index contributed by atoms with van der Waals surface area (Å²) in [6.07, 6.45) is 0. The predicted octanol–water partition coefficient (Wildman–Crippen LogP) is 3.67. The Morgan fingerprint density at radius 1 is 1.27 bits per heavy atom. The highest BCUT2D eigenvalue weighted by Crippen LogP contribution is 2.63. The first kappa shape index (κ1) is 18.7. The summed E-state index contributed by atoms with van der Waals surface area (Å²) >= 11 is 0. The molecule has 1 unspecified atom stereocenters. The molecule has 1 aromatic carbocycles. The summed E-state index contributed by atoms with van der Waals surface area (Å²) in [7, 11) is -5.37. The van der Waals surface area contributed by atoms with E-state index in [1.165, 1.54) is 12.1 Å². The predicted molar refractivity (Wildman–Crippen MR) is 76.1 cm³/mol. The number of carbonyl (C=O) groups excluding carboxylic acids is 1. The van der Waals surface area contributed by atoms with Gasteiger partial charge in [0.15, 0.2) is 0 Å². The summed E-state index contributed by atoms with van der Waals surface area (Å²) in [5.41, 5.74) is -5.22. The molecule has 0 fully saturated rings. The zero-order chi connectivity index (χ0) is 17.2. The number of halogens is 2. The Hall–Kier alpha value is -1.30. The molecule has 0 amide bonds. The van der Waals surface area contributed by atoms with Crippen LogP contribution in [-0.4, -0.2) is 17.7 Å². The first-order valence-corrected chi connectivity index (χ1v) is 7.90. The molecule has 123 valence electrons. The van der Waals surface area contributed by atoms with Crippen LogP contribution in [0.5, 0.6) is 0 Å². The zero-order valence-corrected chi connectivity index (χ0v) is 13.4. The van der Waals surface area contributed by atoms with Crippen molar-refractivity contribution in [1.82, 2.24) is 0 Å². The monoisotopic (exact) mass is 335 g/mol. The SMILES string of the molecule is [CH2]c1ccc(C(F)(F)P(=O)(O)OCOC(=O)C(C)(C)C)cc1. The minimum absolute atomic E-state index is 0.479. The molecule has 5 nitrogen and oxygen atoms in total. The molecular weight excluding hydrogens is 317 g/mol. The molecule has 0 aliphatic rings. The van der Waals surface area contributed by atoms with Gasteiger partial charge in [-0.15, -0.1) is 0 Å². The number of rotatable bonds is 5. The lowest BCUT2D eigenvalue weighted by Crippen LogP contribution is -2.24. The van der Waals surface area contributed by atoms with E-state index in [-0.39, 0.29) is 0 Å². The van der Waals surface area contributed by atoms with Crippen LogP contribution in [0.15, 0.2) is 24.3 Å². The van der Waals surface area contributed by atoms with Crippen molar-refractivity contribution >= 4 is 13.6 Å². The molecule has 1 radical (unpaired) electrons. The zero-order valence-electron chi connectivity index (χ0n) is 12.5. The minimum Gasteiger partial charge on any atom is -0.438 e. The normalized spacial score (nSPS) is 15.2. The Labute approximate surface area is 127 Å². The van der Waals surface area contributed by atoms with Gasteiger partial charge in [-0.3, -0.25) is 13.9 Å². The lowest BCUT2D eigenvalue weighted by Gasteiger charge is -2.23. The molecule has 0 aliphatic carbocycles. The molecule has 0 aliphatic heterocycles. The van der Waals surface area contributed by atoms with Gasteiger partial charge in [0.25, 0.3) is 0 Å². The molecule has 0 bridgehead atoms. The van der Waals surface area contributed by atoms with Crippen LogP contribution in [0.25, 0.3) is 0 Å². The van der Waals surface area contributed by atoms with Crippen molar-refractivity contribution < 1.29 is 32.3 Å². The molecule has 0 aromatic heterocycles. The molecule has 1 aromatic rings. The van der Waals surface area contributed by atoms with Gasteiger partial charge >= 0.3 is 19.2 Å². The van der Waals surface area contributed by atoms with E-state index in [1.54, 1.807) is 20.8 Å². The summed E-state index contributed by atoms with van der Waals surface area (Å²) < 4.78 is 48.6. The van der Waals surface area contributed by atoms with Crippen molar-refractivity contribution in [2.24, 2.45) is 5.41 Å². The highest BCUT2D eigenvalue weighted by atomic mass is 31.2. The minimum atomic E-state index is -5.37. The number of benzene rings is 1. The van der Waals surface area contributed by atoms with Crippen molar-refractivity contribution in [3.05, 3.63) is 42.3 Å². The van der Waals surface area contributed by atoms with E-state index in [9.17, 15) is 23.0 Å². The maximum Gasteiger partial charge on any atom is 0.404 e. The highest BCUT2D eigenvalue weighted by molar-refractivity contribution is 7.53. The standard InChI is InChI=1S/C14H18F2O5P/c1-10-5-7-11(8-6-10)14(15,16)22(18,19)21-9-20-12(17)13(2,3)4/h5-8H,1,9H2,2-4H3,(H,18,19). The summed E-state index contributed by atoms with van der Waals surface area (Å²) in [6.45, 7) is 7.13. The van der Waals surface area contributed by atoms with Gasteiger partial charge < -0.3 is 9.63 Å². The molecule has 0 saturated heterocycles.